The van der Waals surface area contributed by atoms with Gasteiger partial charge in [-0.3, -0.25) is 0 Å². The molecule has 1 atom stereocenters. The zero-order chi connectivity index (χ0) is 12.2. The zero-order valence-corrected chi connectivity index (χ0v) is 9.71. The van der Waals surface area contributed by atoms with E-state index in [1.54, 1.807) is 25.1 Å². The molecule has 0 aliphatic carbocycles. The first-order valence-corrected chi connectivity index (χ1v) is 5.14. The predicted molar refractivity (Wildman–Crippen MR) is 60.7 cm³/mol. The minimum Gasteiger partial charge on any atom is -0.467 e. The number of esters is 1. The molecule has 0 aliphatic heterocycles. The average molecular weight is 225 g/mol. The highest BCUT2D eigenvalue weighted by atomic mass is 19.1. The van der Waals surface area contributed by atoms with Gasteiger partial charge in [0.2, 0.25) is 0 Å². The molecule has 0 aliphatic rings. The smallest absolute Gasteiger partial charge is 0.331 e. The number of halogens is 1. The lowest BCUT2D eigenvalue weighted by Gasteiger charge is -2.27. The topological polar surface area (TPSA) is 38.3 Å². The van der Waals surface area contributed by atoms with Crippen LogP contribution in [0, 0.1) is 5.82 Å². The number of carbonyl (C=O) groups is 1. The van der Waals surface area contributed by atoms with E-state index >= 15 is 0 Å². The molecule has 1 aromatic carbocycles. The average Bonchev–Trinajstić information content (AvgIpc) is 2.31. The van der Waals surface area contributed by atoms with Crippen molar-refractivity contribution in [3.05, 3.63) is 30.1 Å². The molecular weight excluding hydrogens is 209 g/mol. The molecule has 1 unspecified atom stereocenters. The molecule has 1 N–H and O–H groups in total. The molecule has 0 saturated heterocycles. The fraction of sp³-hybridized carbons (Fsp3) is 0.417. The number of ether oxygens (including phenoxy) is 1. The van der Waals surface area contributed by atoms with E-state index in [2.05, 4.69) is 5.32 Å². The summed E-state index contributed by atoms with van der Waals surface area (Å²) in [6.45, 7) is 3.52. The van der Waals surface area contributed by atoms with Gasteiger partial charge in [0.25, 0.3) is 0 Å². The summed E-state index contributed by atoms with van der Waals surface area (Å²) >= 11 is 0. The maximum absolute atomic E-state index is 13.4. The Balaban J connectivity index is 2.94. The van der Waals surface area contributed by atoms with Crippen LogP contribution in [0.15, 0.2) is 24.3 Å². The van der Waals surface area contributed by atoms with Crippen molar-refractivity contribution in [2.24, 2.45) is 0 Å². The van der Waals surface area contributed by atoms with Crippen LogP contribution < -0.4 is 5.32 Å². The van der Waals surface area contributed by atoms with E-state index in [1.165, 1.54) is 13.2 Å². The fourth-order valence-electron chi connectivity index (χ4n) is 1.37. The summed E-state index contributed by atoms with van der Waals surface area (Å²) in [6, 6.07) is 6.24. The van der Waals surface area contributed by atoms with Crippen molar-refractivity contribution in [1.82, 2.24) is 0 Å². The maximum Gasteiger partial charge on any atom is 0.331 e. The van der Waals surface area contributed by atoms with Crippen LogP contribution in [0.25, 0.3) is 0 Å². The number of para-hydroxylation sites is 1. The Hall–Kier alpha value is -1.58. The number of anilines is 1. The first-order valence-electron chi connectivity index (χ1n) is 5.14. The molecule has 88 valence electrons. The van der Waals surface area contributed by atoms with Gasteiger partial charge in [-0.15, -0.1) is 0 Å². The lowest BCUT2D eigenvalue weighted by atomic mass is 9.98. The van der Waals surface area contributed by atoms with Crippen LogP contribution in [0.2, 0.25) is 0 Å². The van der Waals surface area contributed by atoms with Crippen LogP contribution in [-0.4, -0.2) is 18.6 Å². The van der Waals surface area contributed by atoms with Gasteiger partial charge in [0, 0.05) is 0 Å². The summed E-state index contributed by atoms with van der Waals surface area (Å²) in [5.41, 5.74) is -0.603. The molecule has 0 aromatic heterocycles. The van der Waals surface area contributed by atoms with Gasteiger partial charge in [-0.1, -0.05) is 19.1 Å². The third-order valence-electron chi connectivity index (χ3n) is 2.63. The fourth-order valence-corrected chi connectivity index (χ4v) is 1.37. The molecule has 0 amide bonds. The highest BCUT2D eigenvalue weighted by Gasteiger charge is 2.32. The van der Waals surface area contributed by atoms with E-state index in [4.69, 9.17) is 4.74 Å². The molecule has 16 heavy (non-hydrogen) atoms. The zero-order valence-electron chi connectivity index (χ0n) is 9.71. The van der Waals surface area contributed by atoms with E-state index in [0.29, 0.717) is 12.1 Å². The summed E-state index contributed by atoms with van der Waals surface area (Å²) < 4.78 is 18.1. The molecule has 0 fully saturated rings. The van der Waals surface area contributed by atoms with E-state index in [9.17, 15) is 9.18 Å². The molecule has 4 heteroatoms. The van der Waals surface area contributed by atoms with E-state index in [-0.39, 0.29) is 5.82 Å². The second-order valence-corrected chi connectivity index (χ2v) is 3.78. The lowest BCUT2D eigenvalue weighted by Crippen LogP contribution is -2.43. The largest absolute Gasteiger partial charge is 0.467 e. The molecule has 1 rings (SSSR count). The Labute approximate surface area is 94.6 Å². The van der Waals surface area contributed by atoms with Gasteiger partial charge in [-0.2, -0.15) is 0 Å². The Morgan fingerprint density at radius 1 is 1.50 bits per heavy atom. The molecule has 0 saturated carbocycles. The molecule has 0 spiro atoms. The standard InChI is InChI=1S/C12H16FNO2/c1-4-12(2,11(15)16-3)14-10-8-6-5-7-9(10)13/h5-8,14H,4H2,1-3H3. The minimum atomic E-state index is -0.906. The highest BCUT2D eigenvalue weighted by Crippen LogP contribution is 2.22. The molecule has 1 aromatic rings. The third-order valence-corrected chi connectivity index (χ3v) is 2.63. The number of carbonyl (C=O) groups excluding carboxylic acids is 1. The molecule has 0 radical (unpaired) electrons. The van der Waals surface area contributed by atoms with Crippen LogP contribution in [0.5, 0.6) is 0 Å². The number of nitrogens with one attached hydrogen (secondary N) is 1. The van der Waals surface area contributed by atoms with Crippen molar-refractivity contribution in [2.75, 3.05) is 12.4 Å². The maximum atomic E-state index is 13.4. The van der Waals surface area contributed by atoms with E-state index < -0.39 is 11.5 Å². The summed E-state index contributed by atoms with van der Waals surface area (Å²) in [5.74, 6) is -0.788. The second-order valence-electron chi connectivity index (χ2n) is 3.78. The van der Waals surface area contributed by atoms with Crippen LogP contribution >= 0.6 is 0 Å². The van der Waals surface area contributed by atoms with Gasteiger partial charge in [-0.25, -0.2) is 9.18 Å². The quantitative estimate of drug-likeness (QED) is 0.800. The summed E-state index contributed by atoms with van der Waals surface area (Å²) in [5, 5.41) is 2.87. The number of methoxy groups -OCH3 is 1. The lowest BCUT2D eigenvalue weighted by molar-refractivity contribution is -0.145. The molecule has 0 heterocycles. The predicted octanol–water partition coefficient (Wildman–Crippen LogP) is 2.58. The number of rotatable bonds is 4. The monoisotopic (exact) mass is 225 g/mol. The van der Waals surface area contributed by atoms with Crippen molar-refractivity contribution < 1.29 is 13.9 Å². The number of benzene rings is 1. The summed E-state index contributed by atoms with van der Waals surface area (Å²) in [4.78, 5) is 11.6. The number of hydrogen-bond donors (Lipinski definition) is 1. The van der Waals surface area contributed by atoms with Gasteiger partial charge < -0.3 is 10.1 Å². The van der Waals surface area contributed by atoms with E-state index in [0.717, 1.165) is 0 Å². The van der Waals surface area contributed by atoms with Crippen molar-refractivity contribution in [3.63, 3.8) is 0 Å². The van der Waals surface area contributed by atoms with Crippen molar-refractivity contribution in [3.8, 4) is 0 Å². The van der Waals surface area contributed by atoms with Gasteiger partial charge in [0.15, 0.2) is 0 Å². The van der Waals surface area contributed by atoms with Crippen molar-refractivity contribution in [1.29, 1.82) is 0 Å². The minimum absolute atomic E-state index is 0.303. The van der Waals surface area contributed by atoms with Gasteiger partial charge in [0.1, 0.15) is 11.4 Å². The van der Waals surface area contributed by atoms with Gasteiger partial charge in [-0.05, 0) is 25.5 Å². The SMILES string of the molecule is CCC(C)(Nc1ccccc1F)C(=O)OC. The van der Waals surface area contributed by atoms with Gasteiger partial charge in [0.05, 0.1) is 12.8 Å². The molecule has 3 nitrogen and oxygen atoms in total. The van der Waals surface area contributed by atoms with Crippen LogP contribution in [0.4, 0.5) is 10.1 Å². The third kappa shape index (κ3) is 2.51. The van der Waals surface area contributed by atoms with Crippen LogP contribution in [-0.2, 0) is 9.53 Å². The Morgan fingerprint density at radius 2 is 2.12 bits per heavy atom. The summed E-state index contributed by atoms with van der Waals surface area (Å²) in [7, 11) is 1.32. The first-order chi connectivity index (χ1) is 7.53. The Bertz CT molecular complexity index is 381. The highest BCUT2D eigenvalue weighted by molar-refractivity contribution is 5.83. The number of hydrogen-bond acceptors (Lipinski definition) is 3. The van der Waals surface area contributed by atoms with E-state index in [1.807, 2.05) is 6.92 Å². The Morgan fingerprint density at radius 3 is 2.62 bits per heavy atom. The first kappa shape index (κ1) is 12.5. The molecule has 0 bridgehead atoms. The Kier molecular flexibility index (Phi) is 3.88. The van der Waals surface area contributed by atoms with Crippen LogP contribution in [0.3, 0.4) is 0 Å². The summed E-state index contributed by atoms with van der Waals surface area (Å²) in [6.07, 6.45) is 0.508. The second kappa shape index (κ2) is 4.96. The molecular formula is C12H16FNO2. The van der Waals surface area contributed by atoms with Crippen molar-refractivity contribution in [2.45, 2.75) is 25.8 Å². The van der Waals surface area contributed by atoms with Crippen LogP contribution in [0.1, 0.15) is 20.3 Å². The van der Waals surface area contributed by atoms with Gasteiger partial charge >= 0.3 is 5.97 Å². The van der Waals surface area contributed by atoms with Crippen molar-refractivity contribution >= 4 is 11.7 Å². The normalized spacial score (nSPS) is 14.0.